The van der Waals surface area contributed by atoms with E-state index in [2.05, 4.69) is 4.98 Å². The zero-order valence-electron chi connectivity index (χ0n) is 8.73. The Morgan fingerprint density at radius 1 is 1.17 bits per heavy atom. The Morgan fingerprint density at radius 3 is 2.50 bits per heavy atom. The van der Waals surface area contributed by atoms with Crippen molar-refractivity contribution in [3.63, 3.8) is 0 Å². The van der Waals surface area contributed by atoms with Crippen molar-refractivity contribution in [2.75, 3.05) is 0 Å². The summed E-state index contributed by atoms with van der Waals surface area (Å²) in [7, 11) is 0. The van der Waals surface area contributed by atoms with Crippen molar-refractivity contribution < 1.29 is 9.31 Å². The quantitative estimate of drug-likeness (QED) is 0.474. The molecule has 0 fully saturated rings. The number of halogens is 3. The van der Waals surface area contributed by atoms with Crippen LogP contribution >= 0.6 is 23.2 Å². The van der Waals surface area contributed by atoms with Crippen LogP contribution in [0.15, 0.2) is 30.3 Å². The normalized spacial score (nSPS) is 10.4. The number of hydrogen-bond donors (Lipinski definition) is 0. The van der Waals surface area contributed by atoms with E-state index in [-0.39, 0.29) is 21.6 Å². The molecule has 2 rings (SSSR count). The third-order valence-corrected chi connectivity index (χ3v) is 2.56. The smallest absolute Gasteiger partial charge is 0.258 e. The zero-order chi connectivity index (χ0) is 13.3. The minimum absolute atomic E-state index is 0.0421. The predicted molar refractivity (Wildman–Crippen MR) is 66.3 cm³/mol. The lowest BCUT2D eigenvalue weighted by Crippen LogP contribution is -1.92. The van der Waals surface area contributed by atoms with Gasteiger partial charge in [0.15, 0.2) is 0 Å². The molecule has 0 aliphatic rings. The molecule has 0 N–H and O–H groups in total. The number of nitrogens with zero attached hydrogens (tertiary/aromatic N) is 2. The SMILES string of the molecule is O=[N+]([O-])c1cc(Cl)nc(-c2cc(F)cc(Cl)c2)c1. The van der Waals surface area contributed by atoms with Crippen molar-refractivity contribution in [1.82, 2.24) is 4.98 Å². The van der Waals surface area contributed by atoms with Crippen molar-refractivity contribution >= 4 is 28.9 Å². The van der Waals surface area contributed by atoms with Gasteiger partial charge in [0.05, 0.1) is 16.7 Å². The van der Waals surface area contributed by atoms with E-state index in [0.717, 1.165) is 12.1 Å². The second kappa shape index (κ2) is 4.88. The van der Waals surface area contributed by atoms with Gasteiger partial charge in [0.25, 0.3) is 5.69 Å². The average Bonchev–Trinajstić information content (AvgIpc) is 2.26. The largest absolute Gasteiger partial charge is 0.274 e. The Kier molecular flexibility index (Phi) is 3.45. The van der Waals surface area contributed by atoms with Crippen molar-refractivity contribution in [3.05, 3.63) is 56.4 Å². The van der Waals surface area contributed by atoms with Crippen LogP contribution < -0.4 is 0 Å². The Labute approximate surface area is 111 Å². The van der Waals surface area contributed by atoms with Crippen LogP contribution in [0.5, 0.6) is 0 Å². The highest BCUT2D eigenvalue weighted by molar-refractivity contribution is 6.31. The fourth-order valence-electron chi connectivity index (χ4n) is 1.44. The third-order valence-electron chi connectivity index (χ3n) is 2.15. The summed E-state index contributed by atoms with van der Waals surface area (Å²) in [6.45, 7) is 0. The molecule has 0 aliphatic carbocycles. The molecule has 2 aromatic rings. The topological polar surface area (TPSA) is 56.0 Å². The van der Waals surface area contributed by atoms with E-state index in [1.807, 2.05) is 0 Å². The summed E-state index contributed by atoms with van der Waals surface area (Å²) in [4.78, 5) is 14.0. The Bertz CT molecular complexity index is 614. The Morgan fingerprint density at radius 2 is 1.89 bits per heavy atom. The highest BCUT2D eigenvalue weighted by Crippen LogP contribution is 2.27. The van der Waals surface area contributed by atoms with Gasteiger partial charge in [-0.3, -0.25) is 10.1 Å². The van der Waals surface area contributed by atoms with E-state index in [1.165, 1.54) is 18.2 Å². The van der Waals surface area contributed by atoms with Crippen LogP contribution in [0.25, 0.3) is 11.3 Å². The molecule has 0 aliphatic heterocycles. The molecule has 0 spiro atoms. The summed E-state index contributed by atoms with van der Waals surface area (Å²) in [5.74, 6) is -0.554. The maximum Gasteiger partial charge on any atom is 0.274 e. The molecule has 4 nitrogen and oxygen atoms in total. The molecule has 18 heavy (non-hydrogen) atoms. The van der Waals surface area contributed by atoms with Gasteiger partial charge in [-0.2, -0.15) is 0 Å². The molecule has 0 unspecified atom stereocenters. The monoisotopic (exact) mass is 286 g/mol. The first-order valence-electron chi connectivity index (χ1n) is 4.74. The Balaban J connectivity index is 2.59. The van der Waals surface area contributed by atoms with Gasteiger partial charge in [0, 0.05) is 16.7 Å². The van der Waals surface area contributed by atoms with Gasteiger partial charge in [-0.25, -0.2) is 9.37 Å². The van der Waals surface area contributed by atoms with E-state index in [9.17, 15) is 14.5 Å². The number of pyridine rings is 1. The summed E-state index contributed by atoms with van der Waals surface area (Å²) >= 11 is 11.4. The van der Waals surface area contributed by atoms with Crippen LogP contribution in [-0.2, 0) is 0 Å². The molecule has 7 heteroatoms. The first-order chi connectivity index (χ1) is 8.45. The average molecular weight is 287 g/mol. The van der Waals surface area contributed by atoms with Gasteiger partial charge >= 0.3 is 0 Å². The lowest BCUT2D eigenvalue weighted by atomic mass is 10.1. The molecule has 0 radical (unpaired) electrons. The summed E-state index contributed by atoms with van der Waals surface area (Å²) in [6, 6.07) is 6.08. The fourth-order valence-corrected chi connectivity index (χ4v) is 1.86. The number of nitro groups is 1. The minimum Gasteiger partial charge on any atom is -0.258 e. The molecule has 0 bridgehead atoms. The van der Waals surface area contributed by atoms with Crippen molar-refractivity contribution in [3.8, 4) is 11.3 Å². The highest BCUT2D eigenvalue weighted by Gasteiger charge is 2.12. The summed E-state index contributed by atoms with van der Waals surface area (Å²) < 4.78 is 13.2. The second-order valence-corrected chi connectivity index (χ2v) is 4.27. The van der Waals surface area contributed by atoms with E-state index >= 15 is 0 Å². The van der Waals surface area contributed by atoms with Crippen LogP contribution in [0.3, 0.4) is 0 Å². The molecule has 92 valence electrons. The van der Waals surface area contributed by atoms with Gasteiger partial charge in [0.2, 0.25) is 0 Å². The molecule has 1 heterocycles. The van der Waals surface area contributed by atoms with Crippen LogP contribution in [-0.4, -0.2) is 9.91 Å². The van der Waals surface area contributed by atoms with Gasteiger partial charge in [0.1, 0.15) is 11.0 Å². The summed E-state index contributed by atoms with van der Waals surface area (Å²) in [5.41, 5.74) is 0.298. The standard InChI is InChI=1S/C11H5Cl2FN2O2/c12-7-1-6(2-8(14)3-7)10-4-9(16(17)18)5-11(13)15-10/h1-5H. The van der Waals surface area contributed by atoms with Crippen LogP contribution in [0.4, 0.5) is 10.1 Å². The van der Waals surface area contributed by atoms with Gasteiger partial charge in [-0.05, 0) is 18.2 Å². The summed E-state index contributed by atoms with van der Waals surface area (Å²) in [5, 5.41) is 10.8. The number of benzene rings is 1. The lowest BCUT2D eigenvalue weighted by Gasteiger charge is -2.03. The number of rotatable bonds is 2. The molecular formula is C11H5Cl2FN2O2. The van der Waals surface area contributed by atoms with E-state index in [0.29, 0.717) is 5.56 Å². The third kappa shape index (κ3) is 2.75. The first-order valence-corrected chi connectivity index (χ1v) is 5.50. The Hall–Kier alpha value is -1.72. The highest BCUT2D eigenvalue weighted by atomic mass is 35.5. The van der Waals surface area contributed by atoms with Crippen molar-refractivity contribution in [2.45, 2.75) is 0 Å². The number of hydrogen-bond acceptors (Lipinski definition) is 3. The van der Waals surface area contributed by atoms with E-state index < -0.39 is 10.7 Å². The first kappa shape index (κ1) is 12.7. The van der Waals surface area contributed by atoms with Crippen LogP contribution in [0, 0.1) is 15.9 Å². The van der Waals surface area contributed by atoms with Gasteiger partial charge < -0.3 is 0 Å². The zero-order valence-corrected chi connectivity index (χ0v) is 10.2. The van der Waals surface area contributed by atoms with Gasteiger partial charge in [-0.15, -0.1) is 0 Å². The van der Waals surface area contributed by atoms with E-state index in [4.69, 9.17) is 23.2 Å². The minimum atomic E-state index is -0.599. The second-order valence-electron chi connectivity index (χ2n) is 3.45. The van der Waals surface area contributed by atoms with Crippen LogP contribution in [0.2, 0.25) is 10.2 Å². The molecular weight excluding hydrogens is 282 g/mol. The van der Waals surface area contributed by atoms with E-state index in [1.54, 1.807) is 0 Å². The maximum absolute atomic E-state index is 13.2. The molecule has 1 aromatic heterocycles. The molecule has 0 saturated heterocycles. The molecule has 0 atom stereocenters. The lowest BCUT2D eigenvalue weighted by molar-refractivity contribution is -0.384. The molecule has 1 aromatic carbocycles. The van der Waals surface area contributed by atoms with Crippen LogP contribution in [0.1, 0.15) is 0 Å². The number of aromatic nitrogens is 1. The molecule has 0 saturated carbocycles. The predicted octanol–water partition coefficient (Wildman–Crippen LogP) is 4.10. The van der Waals surface area contributed by atoms with Crippen molar-refractivity contribution in [1.29, 1.82) is 0 Å². The molecule has 0 amide bonds. The van der Waals surface area contributed by atoms with Crippen molar-refractivity contribution in [2.24, 2.45) is 0 Å². The fraction of sp³-hybridized carbons (Fsp3) is 0. The maximum atomic E-state index is 13.2. The van der Waals surface area contributed by atoms with Gasteiger partial charge in [-0.1, -0.05) is 23.2 Å². The summed E-state index contributed by atoms with van der Waals surface area (Å²) in [6.07, 6.45) is 0.